The summed E-state index contributed by atoms with van der Waals surface area (Å²) in [5.74, 6) is -0.454. The van der Waals surface area contributed by atoms with Crippen LogP contribution < -0.4 is 15.2 Å². The molecule has 0 aliphatic carbocycles. The second-order valence-electron chi connectivity index (χ2n) is 4.18. The molecule has 0 saturated carbocycles. The van der Waals surface area contributed by atoms with Gasteiger partial charge < -0.3 is 10.5 Å². The summed E-state index contributed by atoms with van der Waals surface area (Å²) in [6, 6.07) is 8.08. The van der Waals surface area contributed by atoms with E-state index in [0.29, 0.717) is 10.2 Å². The van der Waals surface area contributed by atoms with Gasteiger partial charge in [0, 0.05) is 16.2 Å². The van der Waals surface area contributed by atoms with Crippen LogP contribution in [0.3, 0.4) is 0 Å². The lowest BCUT2D eigenvalue weighted by molar-refractivity contribution is 0.415. The number of ether oxygens (including phenoxy) is 1. The molecule has 0 spiro atoms. The fraction of sp³-hybridized carbons (Fsp3) is 0.0769. The highest BCUT2D eigenvalue weighted by atomic mass is 79.9. The Balaban J connectivity index is 2.39. The van der Waals surface area contributed by atoms with Crippen LogP contribution in [0, 0.1) is 5.82 Å². The van der Waals surface area contributed by atoms with Crippen LogP contribution in [0.25, 0.3) is 0 Å². The summed E-state index contributed by atoms with van der Waals surface area (Å²) in [4.78, 5) is -0.476. The van der Waals surface area contributed by atoms with Crippen LogP contribution in [0.4, 0.5) is 15.8 Å². The molecule has 0 radical (unpaired) electrons. The highest BCUT2D eigenvalue weighted by Crippen LogP contribution is 2.27. The van der Waals surface area contributed by atoms with Gasteiger partial charge in [0.1, 0.15) is 16.5 Å². The molecule has 3 N–H and O–H groups in total. The van der Waals surface area contributed by atoms with Gasteiger partial charge in [-0.3, -0.25) is 4.72 Å². The molecular formula is C13H12BrFN2O3S. The number of hydrogen-bond donors (Lipinski definition) is 2. The number of nitrogens with one attached hydrogen (secondary N) is 1. The fourth-order valence-electron chi connectivity index (χ4n) is 1.68. The molecule has 8 heteroatoms. The number of hydrogen-bond acceptors (Lipinski definition) is 4. The number of nitrogens with two attached hydrogens (primary N) is 1. The third kappa shape index (κ3) is 3.64. The van der Waals surface area contributed by atoms with Crippen molar-refractivity contribution in [1.29, 1.82) is 0 Å². The smallest absolute Gasteiger partial charge is 0.264 e. The molecule has 112 valence electrons. The second kappa shape index (κ2) is 5.90. The van der Waals surface area contributed by atoms with E-state index in [4.69, 9.17) is 10.5 Å². The molecule has 21 heavy (non-hydrogen) atoms. The number of halogens is 2. The lowest BCUT2D eigenvalue weighted by Crippen LogP contribution is -2.14. The van der Waals surface area contributed by atoms with E-state index in [0.717, 1.165) is 12.1 Å². The molecule has 0 aliphatic heterocycles. The summed E-state index contributed by atoms with van der Waals surface area (Å²) < 4.78 is 46.1. The zero-order chi connectivity index (χ0) is 15.6. The van der Waals surface area contributed by atoms with E-state index in [-0.39, 0.29) is 11.4 Å². The van der Waals surface area contributed by atoms with Crippen LogP contribution in [-0.2, 0) is 10.0 Å². The minimum atomic E-state index is -4.06. The van der Waals surface area contributed by atoms with Gasteiger partial charge in [-0.05, 0) is 30.3 Å². The van der Waals surface area contributed by atoms with Gasteiger partial charge in [0.2, 0.25) is 0 Å². The van der Waals surface area contributed by atoms with Crippen molar-refractivity contribution < 1.29 is 17.5 Å². The summed E-state index contributed by atoms with van der Waals surface area (Å²) in [7, 11) is -2.60. The summed E-state index contributed by atoms with van der Waals surface area (Å²) in [6.45, 7) is 0. The Morgan fingerprint density at radius 1 is 1.24 bits per heavy atom. The third-order valence-electron chi connectivity index (χ3n) is 2.60. The van der Waals surface area contributed by atoms with Gasteiger partial charge in [-0.25, -0.2) is 12.8 Å². The van der Waals surface area contributed by atoms with Gasteiger partial charge in [-0.15, -0.1) is 0 Å². The lowest BCUT2D eigenvalue weighted by Gasteiger charge is -2.11. The molecule has 0 aliphatic rings. The molecule has 2 rings (SSSR count). The molecule has 2 aromatic carbocycles. The van der Waals surface area contributed by atoms with Crippen molar-refractivity contribution >= 4 is 37.3 Å². The maximum atomic E-state index is 13.7. The average Bonchev–Trinajstić information content (AvgIpc) is 2.36. The fourth-order valence-corrected chi connectivity index (χ4v) is 3.26. The standard InChI is InChI=1S/C13H12BrFN2O3S/c1-20-11-5-8(14)4-10(7-11)17-21(18,19)13-3-2-9(16)6-12(13)15/h2-7,17H,16H2,1H3. The first kappa shape index (κ1) is 15.6. The number of benzene rings is 2. The Morgan fingerprint density at radius 2 is 1.95 bits per heavy atom. The van der Waals surface area contributed by atoms with E-state index >= 15 is 0 Å². The topological polar surface area (TPSA) is 81.4 Å². The van der Waals surface area contributed by atoms with Crippen LogP contribution in [0.15, 0.2) is 45.8 Å². The molecule has 0 fully saturated rings. The Labute approximate surface area is 130 Å². The van der Waals surface area contributed by atoms with Crippen molar-refractivity contribution in [1.82, 2.24) is 0 Å². The molecule has 5 nitrogen and oxygen atoms in total. The number of sulfonamides is 1. The number of methoxy groups -OCH3 is 1. The average molecular weight is 375 g/mol. The molecule has 0 amide bonds. The van der Waals surface area contributed by atoms with Crippen LogP contribution in [0.2, 0.25) is 0 Å². The van der Waals surface area contributed by atoms with E-state index in [1.54, 1.807) is 6.07 Å². The van der Waals surface area contributed by atoms with Crippen LogP contribution >= 0.6 is 15.9 Å². The number of anilines is 2. The molecule has 0 aromatic heterocycles. The first-order chi connectivity index (χ1) is 9.81. The van der Waals surface area contributed by atoms with Gasteiger partial charge >= 0.3 is 0 Å². The molecule has 2 aromatic rings. The minimum absolute atomic E-state index is 0.149. The van der Waals surface area contributed by atoms with Crippen molar-refractivity contribution in [3.8, 4) is 5.75 Å². The van der Waals surface area contributed by atoms with Gasteiger partial charge in [0.15, 0.2) is 0 Å². The largest absolute Gasteiger partial charge is 0.497 e. The molecule has 0 atom stereocenters. The first-order valence-electron chi connectivity index (χ1n) is 5.74. The van der Waals surface area contributed by atoms with Gasteiger partial charge in [-0.2, -0.15) is 0 Å². The third-order valence-corrected chi connectivity index (χ3v) is 4.48. The van der Waals surface area contributed by atoms with Crippen LogP contribution in [0.5, 0.6) is 5.75 Å². The van der Waals surface area contributed by atoms with E-state index in [1.165, 1.54) is 25.3 Å². The second-order valence-corrected chi connectivity index (χ2v) is 6.74. The number of nitrogen functional groups attached to an aromatic ring is 1. The molecule has 0 unspecified atom stereocenters. The highest BCUT2D eigenvalue weighted by Gasteiger charge is 2.19. The maximum absolute atomic E-state index is 13.7. The Kier molecular flexibility index (Phi) is 4.38. The molecular weight excluding hydrogens is 363 g/mol. The summed E-state index contributed by atoms with van der Waals surface area (Å²) >= 11 is 3.24. The zero-order valence-corrected chi connectivity index (χ0v) is 13.3. The van der Waals surface area contributed by atoms with Gasteiger partial charge in [-0.1, -0.05) is 15.9 Å². The van der Waals surface area contributed by atoms with Crippen LogP contribution in [0.1, 0.15) is 0 Å². The normalized spacial score (nSPS) is 11.2. The Morgan fingerprint density at radius 3 is 2.57 bits per heavy atom. The Hall–Kier alpha value is -1.80. The van der Waals surface area contributed by atoms with Crippen LogP contribution in [-0.4, -0.2) is 15.5 Å². The molecule has 0 heterocycles. The van der Waals surface area contributed by atoms with Crippen molar-refractivity contribution in [2.45, 2.75) is 4.90 Å². The summed E-state index contributed by atoms with van der Waals surface area (Å²) in [5, 5.41) is 0. The summed E-state index contributed by atoms with van der Waals surface area (Å²) in [6.07, 6.45) is 0. The van der Waals surface area contributed by atoms with Gasteiger partial charge in [0.25, 0.3) is 10.0 Å². The van der Waals surface area contributed by atoms with E-state index in [9.17, 15) is 12.8 Å². The minimum Gasteiger partial charge on any atom is -0.497 e. The van der Waals surface area contributed by atoms with E-state index in [1.807, 2.05) is 0 Å². The van der Waals surface area contributed by atoms with Crippen molar-refractivity contribution in [3.63, 3.8) is 0 Å². The lowest BCUT2D eigenvalue weighted by atomic mass is 10.3. The summed E-state index contributed by atoms with van der Waals surface area (Å²) in [5.41, 5.74) is 5.80. The predicted octanol–water partition coefficient (Wildman–Crippen LogP) is 2.98. The van der Waals surface area contributed by atoms with Crippen molar-refractivity contribution in [2.75, 3.05) is 17.6 Å². The van der Waals surface area contributed by atoms with E-state index < -0.39 is 20.7 Å². The predicted molar refractivity (Wildman–Crippen MR) is 82.3 cm³/mol. The maximum Gasteiger partial charge on any atom is 0.264 e. The SMILES string of the molecule is COc1cc(Br)cc(NS(=O)(=O)c2ccc(N)cc2F)c1. The first-order valence-corrected chi connectivity index (χ1v) is 8.02. The van der Waals surface area contributed by atoms with Crippen molar-refractivity contribution in [2.24, 2.45) is 0 Å². The molecule has 0 bridgehead atoms. The molecule has 0 saturated heterocycles. The van der Waals surface area contributed by atoms with Crippen molar-refractivity contribution in [3.05, 3.63) is 46.7 Å². The number of rotatable bonds is 4. The zero-order valence-electron chi connectivity index (χ0n) is 10.9. The van der Waals surface area contributed by atoms with E-state index in [2.05, 4.69) is 20.7 Å². The monoisotopic (exact) mass is 374 g/mol. The van der Waals surface area contributed by atoms with Gasteiger partial charge in [0.05, 0.1) is 12.8 Å². The Bertz CT molecular complexity index is 781. The highest BCUT2D eigenvalue weighted by molar-refractivity contribution is 9.10. The quantitative estimate of drug-likeness (QED) is 0.806.